The topological polar surface area (TPSA) is 66.3 Å². The predicted molar refractivity (Wildman–Crippen MR) is 54.6 cm³/mol. The molecule has 2 rings (SSSR count). The standard InChI is InChI=1S/C10H13N3O2/c1-7-8(10(14)15)3-5-13(7)9-2-4-11-6-12-9/h2,4,6-8H,3,5H2,1H3,(H,14,15). The average molecular weight is 207 g/mol. The molecule has 2 heterocycles. The maximum atomic E-state index is 10.9. The van der Waals surface area contributed by atoms with Gasteiger partial charge in [-0.05, 0) is 19.4 Å². The van der Waals surface area contributed by atoms with Crippen molar-refractivity contribution in [3.63, 3.8) is 0 Å². The fourth-order valence-corrected chi connectivity index (χ4v) is 2.05. The minimum absolute atomic E-state index is 0.00241. The highest BCUT2D eigenvalue weighted by molar-refractivity contribution is 5.72. The van der Waals surface area contributed by atoms with E-state index in [-0.39, 0.29) is 12.0 Å². The van der Waals surface area contributed by atoms with Crippen LogP contribution in [0.5, 0.6) is 0 Å². The van der Waals surface area contributed by atoms with E-state index in [2.05, 4.69) is 9.97 Å². The molecule has 1 fully saturated rings. The minimum Gasteiger partial charge on any atom is -0.481 e. The molecule has 80 valence electrons. The van der Waals surface area contributed by atoms with Crippen molar-refractivity contribution in [1.82, 2.24) is 9.97 Å². The van der Waals surface area contributed by atoms with E-state index in [9.17, 15) is 4.79 Å². The number of aromatic nitrogens is 2. The number of aliphatic carboxylic acids is 1. The highest BCUT2D eigenvalue weighted by Crippen LogP contribution is 2.27. The summed E-state index contributed by atoms with van der Waals surface area (Å²) in [7, 11) is 0. The smallest absolute Gasteiger partial charge is 0.308 e. The van der Waals surface area contributed by atoms with E-state index in [0.717, 1.165) is 12.4 Å². The molecule has 2 unspecified atom stereocenters. The number of carboxylic acid groups (broad SMARTS) is 1. The molecule has 1 saturated heterocycles. The van der Waals surface area contributed by atoms with Crippen molar-refractivity contribution in [1.29, 1.82) is 0 Å². The zero-order valence-electron chi connectivity index (χ0n) is 8.50. The first-order chi connectivity index (χ1) is 7.20. The molecule has 0 spiro atoms. The van der Waals surface area contributed by atoms with E-state index >= 15 is 0 Å². The molecular weight excluding hydrogens is 194 g/mol. The molecule has 0 aliphatic carbocycles. The van der Waals surface area contributed by atoms with Gasteiger partial charge in [0.2, 0.25) is 0 Å². The molecule has 1 N–H and O–H groups in total. The lowest BCUT2D eigenvalue weighted by Gasteiger charge is -2.23. The number of carboxylic acids is 1. The molecule has 15 heavy (non-hydrogen) atoms. The van der Waals surface area contributed by atoms with Crippen LogP contribution in [0.25, 0.3) is 0 Å². The zero-order valence-corrected chi connectivity index (χ0v) is 8.50. The van der Waals surface area contributed by atoms with Gasteiger partial charge in [-0.15, -0.1) is 0 Å². The Balaban J connectivity index is 2.17. The maximum absolute atomic E-state index is 10.9. The third kappa shape index (κ3) is 1.77. The van der Waals surface area contributed by atoms with Crippen molar-refractivity contribution in [2.75, 3.05) is 11.4 Å². The molecule has 5 nitrogen and oxygen atoms in total. The number of anilines is 1. The maximum Gasteiger partial charge on any atom is 0.308 e. The van der Waals surface area contributed by atoms with Crippen LogP contribution in [-0.4, -0.2) is 33.6 Å². The van der Waals surface area contributed by atoms with Gasteiger partial charge in [0.25, 0.3) is 0 Å². The Labute approximate surface area is 87.8 Å². The molecule has 1 aliphatic heterocycles. The van der Waals surface area contributed by atoms with Gasteiger partial charge in [-0.3, -0.25) is 4.79 Å². The fraction of sp³-hybridized carbons (Fsp3) is 0.500. The lowest BCUT2D eigenvalue weighted by Crippen LogP contribution is -2.33. The van der Waals surface area contributed by atoms with Gasteiger partial charge in [-0.25, -0.2) is 9.97 Å². The van der Waals surface area contributed by atoms with Gasteiger partial charge in [0.15, 0.2) is 0 Å². The monoisotopic (exact) mass is 207 g/mol. The number of carbonyl (C=O) groups is 1. The third-order valence-electron chi connectivity index (χ3n) is 2.93. The van der Waals surface area contributed by atoms with E-state index in [4.69, 9.17) is 5.11 Å². The van der Waals surface area contributed by atoms with Crippen molar-refractivity contribution in [2.45, 2.75) is 19.4 Å². The van der Waals surface area contributed by atoms with Crippen molar-refractivity contribution in [2.24, 2.45) is 5.92 Å². The Morgan fingerprint density at radius 1 is 1.67 bits per heavy atom. The molecule has 1 aromatic rings. The zero-order chi connectivity index (χ0) is 10.8. The highest BCUT2D eigenvalue weighted by Gasteiger charge is 2.36. The van der Waals surface area contributed by atoms with Gasteiger partial charge in [0.1, 0.15) is 12.1 Å². The minimum atomic E-state index is -0.723. The second-order valence-electron chi connectivity index (χ2n) is 3.73. The molecule has 1 aliphatic rings. The molecule has 2 atom stereocenters. The summed E-state index contributed by atoms with van der Waals surface area (Å²) < 4.78 is 0. The van der Waals surface area contributed by atoms with Crippen LogP contribution in [-0.2, 0) is 4.79 Å². The van der Waals surface area contributed by atoms with Crippen LogP contribution in [0.2, 0.25) is 0 Å². The number of hydrogen-bond donors (Lipinski definition) is 1. The van der Waals surface area contributed by atoms with Gasteiger partial charge in [0.05, 0.1) is 5.92 Å². The van der Waals surface area contributed by atoms with Crippen molar-refractivity contribution in [3.05, 3.63) is 18.6 Å². The number of rotatable bonds is 2. The first-order valence-electron chi connectivity index (χ1n) is 4.95. The molecular formula is C10H13N3O2. The van der Waals surface area contributed by atoms with Gasteiger partial charge < -0.3 is 10.0 Å². The summed E-state index contributed by atoms with van der Waals surface area (Å²) in [5.74, 6) is -0.208. The summed E-state index contributed by atoms with van der Waals surface area (Å²) in [5, 5.41) is 8.99. The van der Waals surface area contributed by atoms with E-state index in [1.807, 2.05) is 11.8 Å². The Hall–Kier alpha value is -1.65. The van der Waals surface area contributed by atoms with Crippen LogP contribution in [0.15, 0.2) is 18.6 Å². The van der Waals surface area contributed by atoms with E-state index in [1.165, 1.54) is 6.33 Å². The average Bonchev–Trinajstić information content (AvgIpc) is 2.61. The van der Waals surface area contributed by atoms with Gasteiger partial charge in [0, 0.05) is 18.8 Å². The molecule has 1 aromatic heterocycles. The molecule has 0 aromatic carbocycles. The number of hydrogen-bond acceptors (Lipinski definition) is 4. The third-order valence-corrected chi connectivity index (χ3v) is 2.93. The van der Waals surface area contributed by atoms with E-state index in [0.29, 0.717) is 6.42 Å². The van der Waals surface area contributed by atoms with Crippen LogP contribution >= 0.6 is 0 Å². The summed E-state index contributed by atoms with van der Waals surface area (Å²) in [6, 6.07) is 1.80. The SMILES string of the molecule is CC1C(C(=O)O)CCN1c1ccncn1. The van der Waals surface area contributed by atoms with Crippen LogP contribution in [0.1, 0.15) is 13.3 Å². The molecule has 0 saturated carbocycles. The Kier molecular flexibility index (Phi) is 2.53. The predicted octanol–water partition coefficient (Wildman–Crippen LogP) is 0.776. The lowest BCUT2D eigenvalue weighted by molar-refractivity contribution is -0.141. The summed E-state index contributed by atoms with van der Waals surface area (Å²) in [6.07, 6.45) is 3.83. The highest BCUT2D eigenvalue weighted by atomic mass is 16.4. The van der Waals surface area contributed by atoms with E-state index < -0.39 is 5.97 Å². The summed E-state index contributed by atoms with van der Waals surface area (Å²) in [6.45, 7) is 2.67. The second kappa shape index (κ2) is 3.84. The Morgan fingerprint density at radius 2 is 2.47 bits per heavy atom. The van der Waals surface area contributed by atoms with Crippen molar-refractivity contribution < 1.29 is 9.90 Å². The Morgan fingerprint density at radius 3 is 3.00 bits per heavy atom. The van der Waals surface area contributed by atoms with Crippen LogP contribution in [0, 0.1) is 5.92 Å². The Bertz CT molecular complexity index is 355. The first kappa shape index (κ1) is 9.89. The van der Waals surface area contributed by atoms with Crippen molar-refractivity contribution in [3.8, 4) is 0 Å². The fourth-order valence-electron chi connectivity index (χ4n) is 2.05. The summed E-state index contributed by atoms with van der Waals surface area (Å²) >= 11 is 0. The largest absolute Gasteiger partial charge is 0.481 e. The van der Waals surface area contributed by atoms with E-state index in [1.54, 1.807) is 12.3 Å². The number of nitrogens with zero attached hydrogens (tertiary/aromatic N) is 3. The summed E-state index contributed by atoms with van der Waals surface area (Å²) in [5.41, 5.74) is 0. The van der Waals surface area contributed by atoms with Gasteiger partial charge in [-0.2, -0.15) is 0 Å². The van der Waals surface area contributed by atoms with Gasteiger partial charge >= 0.3 is 5.97 Å². The quantitative estimate of drug-likeness (QED) is 0.776. The molecule has 0 radical (unpaired) electrons. The molecule has 5 heteroatoms. The summed E-state index contributed by atoms with van der Waals surface area (Å²) in [4.78, 5) is 20.9. The van der Waals surface area contributed by atoms with Crippen molar-refractivity contribution >= 4 is 11.8 Å². The van der Waals surface area contributed by atoms with Crippen LogP contribution in [0.4, 0.5) is 5.82 Å². The molecule has 0 amide bonds. The second-order valence-corrected chi connectivity index (χ2v) is 3.73. The normalized spacial score (nSPS) is 25.5. The van der Waals surface area contributed by atoms with Gasteiger partial charge in [-0.1, -0.05) is 0 Å². The first-order valence-corrected chi connectivity index (χ1v) is 4.95. The molecule has 0 bridgehead atoms. The van der Waals surface area contributed by atoms with Crippen LogP contribution < -0.4 is 4.90 Å². The van der Waals surface area contributed by atoms with Crippen LogP contribution in [0.3, 0.4) is 0 Å². The lowest BCUT2D eigenvalue weighted by atomic mass is 10.0.